The Bertz CT molecular complexity index is 1080. The number of aliphatic hydroxyl groups excluding tert-OH is 1. The highest BCUT2D eigenvalue weighted by molar-refractivity contribution is 7.47. The molecule has 0 radical (unpaired) electrons. The number of aliphatic hydroxyl groups is 1. The molecule has 1 amide bonds. The van der Waals surface area contributed by atoms with E-state index in [0.29, 0.717) is 17.4 Å². The van der Waals surface area contributed by atoms with Gasteiger partial charge in [0, 0.05) is 6.42 Å². The first-order valence-corrected chi connectivity index (χ1v) is 28.7. The number of hydrogen-bond acceptors (Lipinski definition) is 5. The quantitative estimate of drug-likeness (QED) is 0.0243. The van der Waals surface area contributed by atoms with E-state index in [4.69, 9.17) is 9.05 Å². The Morgan fingerprint density at radius 1 is 0.524 bits per heavy atom. The van der Waals surface area contributed by atoms with Gasteiger partial charge in [-0.05, 0) is 44.9 Å². The van der Waals surface area contributed by atoms with Crippen LogP contribution in [0.4, 0.5) is 0 Å². The first-order valence-electron chi connectivity index (χ1n) is 27.2. The van der Waals surface area contributed by atoms with E-state index >= 15 is 0 Å². The zero-order valence-electron chi connectivity index (χ0n) is 42.6. The molecule has 3 unspecified atom stereocenters. The van der Waals surface area contributed by atoms with E-state index in [1.165, 1.54) is 205 Å². The molecule has 0 saturated carbocycles. The Kier molecular flexibility index (Phi) is 45.4. The lowest BCUT2D eigenvalue weighted by Gasteiger charge is -2.25. The molecule has 0 aromatic rings. The molecule has 0 bridgehead atoms. The Morgan fingerprint density at radius 3 is 1.22 bits per heavy atom. The molecule has 0 spiro atoms. The number of unbranched alkanes of at least 4 members (excludes halogenated alkanes) is 35. The Hall–Kier alpha value is -1.02. The molecule has 0 aromatic carbocycles. The molecule has 374 valence electrons. The van der Waals surface area contributed by atoms with Crippen molar-refractivity contribution in [2.24, 2.45) is 0 Å². The maximum atomic E-state index is 12.9. The zero-order chi connectivity index (χ0) is 46.4. The van der Waals surface area contributed by atoms with Crippen LogP contribution in [-0.4, -0.2) is 73.4 Å². The van der Waals surface area contributed by atoms with E-state index in [9.17, 15) is 19.4 Å². The number of nitrogens with zero attached hydrogens (tertiary/aromatic N) is 1. The molecule has 0 aromatic heterocycles. The summed E-state index contributed by atoms with van der Waals surface area (Å²) >= 11 is 0. The molecule has 0 fully saturated rings. The number of phosphoric ester groups is 1. The van der Waals surface area contributed by atoms with Gasteiger partial charge in [-0.1, -0.05) is 237 Å². The van der Waals surface area contributed by atoms with Crippen LogP contribution in [0.25, 0.3) is 0 Å². The van der Waals surface area contributed by atoms with Crippen molar-refractivity contribution >= 4 is 13.7 Å². The van der Waals surface area contributed by atoms with Crippen molar-refractivity contribution in [1.29, 1.82) is 0 Å². The number of hydrogen-bond donors (Lipinski definition) is 3. The minimum Gasteiger partial charge on any atom is -0.387 e. The fourth-order valence-electron chi connectivity index (χ4n) is 8.10. The molecule has 3 N–H and O–H groups in total. The van der Waals surface area contributed by atoms with Crippen LogP contribution < -0.4 is 5.32 Å². The predicted octanol–water partition coefficient (Wildman–Crippen LogP) is 16.0. The van der Waals surface area contributed by atoms with Gasteiger partial charge in [0.1, 0.15) is 13.2 Å². The molecule has 0 aliphatic rings. The van der Waals surface area contributed by atoms with Crippen LogP contribution in [0, 0.1) is 0 Å². The van der Waals surface area contributed by atoms with Gasteiger partial charge in [0.05, 0.1) is 39.9 Å². The molecule has 0 saturated heterocycles. The van der Waals surface area contributed by atoms with Crippen molar-refractivity contribution in [2.75, 3.05) is 40.9 Å². The number of carbonyl (C=O) groups excluding carboxylic acids is 1. The smallest absolute Gasteiger partial charge is 0.387 e. The Labute approximate surface area is 392 Å². The molecule has 0 heterocycles. The van der Waals surface area contributed by atoms with Gasteiger partial charge in [-0.15, -0.1) is 0 Å². The minimum atomic E-state index is -4.34. The summed E-state index contributed by atoms with van der Waals surface area (Å²) in [4.78, 5) is 23.2. The molecule has 0 aliphatic carbocycles. The van der Waals surface area contributed by atoms with Gasteiger partial charge >= 0.3 is 7.82 Å². The number of nitrogens with one attached hydrogen (secondary N) is 1. The zero-order valence-corrected chi connectivity index (χ0v) is 43.5. The van der Waals surface area contributed by atoms with Gasteiger partial charge in [-0.3, -0.25) is 13.8 Å². The molecule has 63 heavy (non-hydrogen) atoms. The first kappa shape index (κ1) is 62.0. The summed E-state index contributed by atoms with van der Waals surface area (Å²) in [5.41, 5.74) is 0. The average molecular weight is 912 g/mol. The average Bonchev–Trinajstić information content (AvgIpc) is 3.24. The number of quaternary nitrogens is 1. The van der Waals surface area contributed by atoms with Crippen molar-refractivity contribution in [1.82, 2.24) is 5.32 Å². The second kappa shape index (κ2) is 46.1. The van der Waals surface area contributed by atoms with Crippen LogP contribution >= 0.6 is 7.82 Å². The van der Waals surface area contributed by atoms with Crippen LogP contribution in [0.15, 0.2) is 24.3 Å². The van der Waals surface area contributed by atoms with Gasteiger partial charge in [0.25, 0.3) is 0 Å². The molecule has 3 atom stereocenters. The normalized spacial score (nSPS) is 14.2. The standard InChI is InChI=1S/C54H107N2O6P/c1-6-8-10-12-14-16-18-20-21-22-23-24-25-26-27-28-29-30-31-32-33-34-35-36-38-40-42-44-46-48-54(58)55-52(51-62-63(59,60)61-50-49-56(3,4)5)53(57)47-45-43-41-39-37-19-17-15-13-11-9-7-2/h22-23,45,47,52-53,57H,6-21,24-44,46,48-51H2,1-5H3,(H-,55,58,59,60)/p+1/b23-22-,47-45+. The maximum Gasteiger partial charge on any atom is 0.472 e. The van der Waals surface area contributed by atoms with Gasteiger partial charge in [0.2, 0.25) is 5.91 Å². The highest BCUT2D eigenvalue weighted by Gasteiger charge is 2.27. The van der Waals surface area contributed by atoms with Crippen molar-refractivity contribution in [3.8, 4) is 0 Å². The van der Waals surface area contributed by atoms with Crippen LogP contribution in [0.3, 0.4) is 0 Å². The fraction of sp³-hybridized carbons (Fsp3) is 0.907. The number of rotatable bonds is 50. The SMILES string of the molecule is CCCCCCCCCC/C=C\CCCCCCCCCCCCCCCCCCCC(=O)NC(COP(=O)(O)OCC[N+](C)(C)C)C(O)/C=C/CCCCCCCCCCCC. The van der Waals surface area contributed by atoms with Gasteiger partial charge in [-0.2, -0.15) is 0 Å². The third kappa shape index (κ3) is 48.7. The molecule has 0 aliphatic heterocycles. The third-order valence-electron chi connectivity index (χ3n) is 12.4. The number of amides is 1. The van der Waals surface area contributed by atoms with Crippen molar-refractivity contribution in [3.05, 3.63) is 24.3 Å². The van der Waals surface area contributed by atoms with Crippen LogP contribution in [0.1, 0.15) is 264 Å². The van der Waals surface area contributed by atoms with Crippen LogP contribution in [0.5, 0.6) is 0 Å². The van der Waals surface area contributed by atoms with Crippen LogP contribution in [0.2, 0.25) is 0 Å². The Morgan fingerprint density at radius 2 is 0.857 bits per heavy atom. The number of carbonyl (C=O) groups is 1. The number of likely N-dealkylation sites (N-methyl/N-ethyl adjacent to an activating group) is 1. The van der Waals surface area contributed by atoms with E-state index < -0.39 is 20.0 Å². The summed E-state index contributed by atoms with van der Waals surface area (Å²) in [7, 11) is 1.58. The fourth-order valence-corrected chi connectivity index (χ4v) is 8.83. The van der Waals surface area contributed by atoms with E-state index in [2.05, 4.69) is 31.3 Å². The summed E-state index contributed by atoms with van der Waals surface area (Å²) in [5.74, 6) is -0.174. The second-order valence-electron chi connectivity index (χ2n) is 20.0. The summed E-state index contributed by atoms with van der Waals surface area (Å²) < 4.78 is 23.6. The van der Waals surface area contributed by atoms with Crippen molar-refractivity contribution < 1.29 is 32.9 Å². The van der Waals surface area contributed by atoms with Gasteiger partial charge in [-0.25, -0.2) is 4.57 Å². The first-order chi connectivity index (χ1) is 30.5. The van der Waals surface area contributed by atoms with Gasteiger partial charge in [0.15, 0.2) is 0 Å². The second-order valence-corrected chi connectivity index (χ2v) is 21.4. The molecular weight excluding hydrogens is 804 g/mol. The third-order valence-corrected chi connectivity index (χ3v) is 13.4. The van der Waals surface area contributed by atoms with E-state index in [1.54, 1.807) is 6.08 Å². The lowest BCUT2D eigenvalue weighted by Crippen LogP contribution is -2.45. The monoisotopic (exact) mass is 912 g/mol. The minimum absolute atomic E-state index is 0.0635. The maximum absolute atomic E-state index is 12.9. The lowest BCUT2D eigenvalue weighted by molar-refractivity contribution is -0.870. The van der Waals surface area contributed by atoms with E-state index in [1.807, 2.05) is 27.2 Å². The highest BCUT2D eigenvalue weighted by atomic mass is 31.2. The predicted molar refractivity (Wildman–Crippen MR) is 272 cm³/mol. The van der Waals surface area contributed by atoms with Gasteiger partial charge < -0.3 is 19.8 Å². The largest absolute Gasteiger partial charge is 0.472 e. The highest BCUT2D eigenvalue weighted by Crippen LogP contribution is 2.43. The van der Waals surface area contributed by atoms with Crippen molar-refractivity contribution in [3.63, 3.8) is 0 Å². The Balaban J connectivity index is 4.05. The summed E-state index contributed by atoms with van der Waals surface area (Å²) in [5, 5.41) is 13.9. The summed E-state index contributed by atoms with van der Waals surface area (Å²) in [6.45, 7) is 4.83. The molecule has 0 rings (SSSR count). The summed E-state index contributed by atoms with van der Waals surface area (Å²) in [6, 6.07) is -0.842. The molecule has 9 heteroatoms. The topological polar surface area (TPSA) is 105 Å². The molecular formula is C54H108N2O6P+. The summed E-state index contributed by atoms with van der Waals surface area (Å²) in [6.07, 6.45) is 57.1. The van der Waals surface area contributed by atoms with Crippen molar-refractivity contribution in [2.45, 2.75) is 276 Å². The molecule has 8 nitrogen and oxygen atoms in total. The van der Waals surface area contributed by atoms with Crippen LogP contribution in [-0.2, 0) is 18.4 Å². The number of phosphoric acid groups is 1. The van der Waals surface area contributed by atoms with E-state index in [-0.39, 0.29) is 19.1 Å². The number of allylic oxidation sites excluding steroid dienone is 3. The lowest BCUT2D eigenvalue weighted by atomic mass is 10.0. The van der Waals surface area contributed by atoms with E-state index in [0.717, 1.165) is 38.5 Å².